The lowest BCUT2D eigenvalue weighted by atomic mass is 10.0. The van der Waals surface area contributed by atoms with E-state index in [9.17, 15) is 4.79 Å². The van der Waals surface area contributed by atoms with Gasteiger partial charge in [0.1, 0.15) is 12.6 Å². The van der Waals surface area contributed by atoms with E-state index < -0.39 is 0 Å². The number of Topliss-reactive ketones (excluding diaryl/α,β-unsaturated/α-hetero) is 1. The Morgan fingerprint density at radius 1 is 1.27 bits per heavy atom. The third kappa shape index (κ3) is 2.85. The van der Waals surface area contributed by atoms with Crippen molar-refractivity contribution in [2.75, 3.05) is 6.54 Å². The van der Waals surface area contributed by atoms with E-state index in [0.29, 0.717) is 0 Å². The van der Waals surface area contributed by atoms with Gasteiger partial charge < -0.3 is 9.88 Å². The molecule has 0 fully saturated rings. The van der Waals surface area contributed by atoms with Crippen molar-refractivity contribution in [1.29, 1.82) is 0 Å². The molecule has 0 amide bonds. The number of likely N-dealkylation sites (N-methyl/N-ethyl adjacent to an activating group) is 1. The van der Waals surface area contributed by atoms with Crippen LogP contribution in [0.25, 0.3) is 10.9 Å². The Labute approximate surface area is 134 Å². The largest absolute Gasteiger partial charge is 0.360 e. The number of para-hydroxylation sites is 1. The lowest BCUT2D eigenvalue weighted by Crippen LogP contribution is -3.14. The molecule has 0 aliphatic carbocycles. The Hall–Kier alpha value is -1.91. The second kappa shape index (κ2) is 6.46. The SMILES string of the molecule is CC[NH+](Cc1cccs1)[C@H](C)C(=O)c1c[nH]c2ccccc12. The van der Waals surface area contributed by atoms with Crippen LogP contribution in [0.4, 0.5) is 0 Å². The van der Waals surface area contributed by atoms with Gasteiger partial charge in [0.15, 0.2) is 0 Å². The molecule has 2 aromatic heterocycles. The molecule has 3 nitrogen and oxygen atoms in total. The smallest absolute Gasteiger partial charge is 0.221 e. The third-order valence-corrected chi connectivity index (χ3v) is 5.17. The molecule has 0 aliphatic rings. The monoisotopic (exact) mass is 313 g/mol. The van der Waals surface area contributed by atoms with Gasteiger partial charge in [-0.1, -0.05) is 24.3 Å². The van der Waals surface area contributed by atoms with Gasteiger partial charge in [0, 0.05) is 22.7 Å². The quantitative estimate of drug-likeness (QED) is 0.675. The third-order valence-electron chi connectivity index (χ3n) is 4.30. The molecule has 1 unspecified atom stereocenters. The fraction of sp³-hybridized carbons (Fsp3) is 0.278. The van der Waals surface area contributed by atoms with Gasteiger partial charge in [-0.25, -0.2) is 0 Å². The summed E-state index contributed by atoms with van der Waals surface area (Å²) < 4.78 is 0. The van der Waals surface area contributed by atoms with E-state index in [0.717, 1.165) is 29.6 Å². The van der Waals surface area contributed by atoms with E-state index in [-0.39, 0.29) is 11.8 Å². The molecule has 4 heteroatoms. The minimum Gasteiger partial charge on any atom is -0.360 e. The number of H-pyrrole nitrogens is 1. The number of carbonyl (C=O) groups is 1. The second-order valence-electron chi connectivity index (χ2n) is 5.60. The van der Waals surface area contributed by atoms with Crippen molar-refractivity contribution in [3.63, 3.8) is 0 Å². The maximum absolute atomic E-state index is 12.9. The van der Waals surface area contributed by atoms with Crippen LogP contribution in [0.3, 0.4) is 0 Å². The zero-order chi connectivity index (χ0) is 15.5. The summed E-state index contributed by atoms with van der Waals surface area (Å²) in [6.45, 7) is 6.02. The van der Waals surface area contributed by atoms with Crippen molar-refractivity contribution >= 4 is 28.0 Å². The number of carbonyl (C=O) groups excluding carboxylic acids is 1. The number of aromatic amines is 1. The van der Waals surface area contributed by atoms with Crippen molar-refractivity contribution in [2.45, 2.75) is 26.4 Å². The molecular formula is C18H21N2OS+. The number of ketones is 1. The Bertz CT molecular complexity index is 760. The van der Waals surface area contributed by atoms with E-state index in [4.69, 9.17) is 0 Å². The fourth-order valence-corrected chi connectivity index (χ4v) is 3.67. The van der Waals surface area contributed by atoms with Crippen LogP contribution in [0.15, 0.2) is 48.0 Å². The standard InChI is InChI=1S/C18H20N2OS/c1-3-20(12-14-7-6-10-22-14)13(2)18(21)16-11-19-17-9-5-4-8-15(16)17/h4-11,13,19H,3,12H2,1-2H3/p+1/t13-/m1/s1. The summed E-state index contributed by atoms with van der Waals surface area (Å²) >= 11 is 1.76. The van der Waals surface area contributed by atoms with Crippen LogP contribution in [0, 0.1) is 0 Å². The lowest BCUT2D eigenvalue weighted by Gasteiger charge is -2.23. The molecule has 114 valence electrons. The summed E-state index contributed by atoms with van der Waals surface area (Å²) in [5.74, 6) is 0.214. The Morgan fingerprint density at radius 3 is 2.82 bits per heavy atom. The van der Waals surface area contributed by atoms with Gasteiger partial charge in [-0.2, -0.15) is 0 Å². The molecule has 0 spiro atoms. The predicted molar refractivity (Wildman–Crippen MR) is 91.6 cm³/mol. The zero-order valence-electron chi connectivity index (χ0n) is 12.9. The average molecular weight is 313 g/mol. The molecular weight excluding hydrogens is 292 g/mol. The van der Waals surface area contributed by atoms with Gasteiger partial charge in [0.05, 0.1) is 11.4 Å². The van der Waals surface area contributed by atoms with Crippen molar-refractivity contribution in [2.24, 2.45) is 0 Å². The number of fused-ring (bicyclic) bond motifs is 1. The highest BCUT2D eigenvalue weighted by atomic mass is 32.1. The van der Waals surface area contributed by atoms with Crippen molar-refractivity contribution in [3.05, 3.63) is 58.4 Å². The number of aromatic nitrogens is 1. The number of benzene rings is 1. The van der Waals surface area contributed by atoms with Crippen molar-refractivity contribution < 1.29 is 9.69 Å². The summed E-state index contributed by atoms with van der Waals surface area (Å²) in [6.07, 6.45) is 1.85. The Balaban J connectivity index is 1.83. The maximum Gasteiger partial charge on any atom is 0.221 e. The van der Waals surface area contributed by atoms with Gasteiger partial charge in [-0.3, -0.25) is 4.79 Å². The van der Waals surface area contributed by atoms with E-state index in [1.54, 1.807) is 11.3 Å². The van der Waals surface area contributed by atoms with E-state index in [1.165, 1.54) is 9.78 Å². The normalized spacial score (nSPS) is 14.1. The highest BCUT2D eigenvalue weighted by Crippen LogP contribution is 2.18. The summed E-state index contributed by atoms with van der Waals surface area (Å²) in [5.41, 5.74) is 1.83. The number of rotatable bonds is 6. The second-order valence-corrected chi connectivity index (χ2v) is 6.63. The number of hydrogen-bond acceptors (Lipinski definition) is 2. The molecule has 0 bridgehead atoms. The molecule has 2 N–H and O–H groups in total. The summed E-state index contributed by atoms with van der Waals surface area (Å²) in [4.78, 5) is 18.7. The predicted octanol–water partition coefficient (Wildman–Crippen LogP) is 2.91. The molecule has 3 rings (SSSR count). The summed E-state index contributed by atoms with van der Waals surface area (Å²) in [7, 11) is 0. The van der Waals surface area contributed by atoms with Crippen LogP contribution < -0.4 is 4.90 Å². The molecule has 1 aromatic carbocycles. The molecule has 0 aliphatic heterocycles. The molecule has 3 aromatic rings. The number of hydrogen-bond donors (Lipinski definition) is 2. The van der Waals surface area contributed by atoms with Gasteiger partial charge >= 0.3 is 0 Å². The molecule has 0 radical (unpaired) electrons. The van der Waals surface area contributed by atoms with Gasteiger partial charge in [0.2, 0.25) is 5.78 Å². The van der Waals surface area contributed by atoms with Gasteiger partial charge in [-0.15, -0.1) is 11.3 Å². The van der Waals surface area contributed by atoms with Gasteiger partial charge in [0.25, 0.3) is 0 Å². The molecule has 0 saturated carbocycles. The van der Waals surface area contributed by atoms with Gasteiger partial charge in [-0.05, 0) is 31.4 Å². The average Bonchev–Trinajstić information content (AvgIpc) is 3.20. The summed E-state index contributed by atoms with van der Waals surface area (Å²) in [5, 5.41) is 3.11. The summed E-state index contributed by atoms with van der Waals surface area (Å²) in [6, 6.07) is 12.1. The number of thiophene rings is 1. The van der Waals surface area contributed by atoms with Crippen LogP contribution in [0.1, 0.15) is 29.1 Å². The highest BCUT2D eigenvalue weighted by Gasteiger charge is 2.27. The zero-order valence-corrected chi connectivity index (χ0v) is 13.7. The van der Waals surface area contributed by atoms with Crippen LogP contribution in [0.5, 0.6) is 0 Å². The Kier molecular flexibility index (Phi) is 4.41. The maximum atomic E-state index is 12.9. The van der Waals surface area contributed by atoms with E-state index in [2.05, 4.69) is 29.4 Å². The van der Waals surface area contributed by atoms with Crippen LogP contribution in [-0.2, 0) is 6.54 Å². The first-order valence-electron chi connectivity index (χ1n) is 7.68. The van der Waals surface area contributed by atoms with Crippen LogP contribution in [0.2, 0.25) is 0 Å². The van der Waals surface area contributed by atoms with E-state index >= 15 is 0 Å². The van der Waals surface area contributed by atoms with Crippen molar-refractivity contribution in [1.82, 2.24) is 4.98 Å². The minimum absolute atomic E-state index is 0.0497. The minimum atomic E-state index is -0.0497. The lowest BCUT2D eigenvalue weighted by molar-refractivity contribution is -0.925. The topological polar surface area (TPSA) is 37.3 Å². The molecule has 2 atom stereocenters. The first-order chi connectivity index (χ1) is 10.7. The highest BCUT2D eigenvalue weighted by molar-refractivity contribution is 7.09. The first-order valence-corrected chi connectivity index (χ1v) is 8.56. The first kappa shape index (κ1) is 15.0. The van der Waals surface area contributed by atoms with E-state index in [1.807, 2.05) is 37.4 Å². The van der Waals surface area contributed by atoms with Crippen molar-refractivity contribution in [3.8, 4) is 0 Å². The molecule has 22 heavy (non-hydrogen) atoms. The van der Waals surface area contributed by atoms with Crippen LogP contribution >= 0.6 is 11.3 Å². The molecule has 0 saturated heterocycles. The number of nitrogens with one attached hydrogen (secondary N) is 2. The van der Waals surface area contributed by atoms with Crippen LogP contribution in [-0.4, -0.2) is 23.4 Å². The Morgan fingerprint density at radius 2 is 2.09 bits per heavy atom. The number of quaternary nitrogens is 1. The molecule has 2 heterocycles. The fourth-order valence-electron chi connectivity index (χ4n) is 2.92.